The number of rotatable bonds is 0. The van der Waals surface area contributed by atoms with Gasteiger partial charge in [-0.25, -0.2) is 0 Å². The number of hydrogen-bond donors (Lipinski definition) is 0. The summed E-state index contributed by atoms with van der Waals surface area (Å²) in [5.41, 5.74) is 1.29. The number of alkyl halides is 1. The second kappa shape index (κ2) is 2.55. The van der Waals surface area contributed by atoms with Gasteiger partial charge in [0.25, 0.3) is 0 Å². The van der Waals surface area contributed by atoms with Crippen molar-refractivity contribution in [2.24, 2.45) is 27.6 Å². The Morgan fingerprint density at radius 2 is 2.00 bits per heavy atom. The summed E-state index contributed by atoms with van der Waals surface area (Å²) < 4.78 is 0. The number of Topliss-reactive ketones (excluding diaryl/α,β-unsaturated/α-hetero) is 1. The van der Waals surface area contributed by atoms with Crippen LogP contribution in [0.3, 0.4) is 0 Å². The van der Waals surface area contributed by atoms with Crippen molar-refractivity contribution in [1.82, 2.24) is 0 Å². The van der Waals surface area contributed by atoms with Crippen molar-refractivity contribution in [1.29, 1.82) is 0 Å². The molecule has 0 aromatic carbocycles. The van der Waals surface area contributed by atoms with Crippen LogP contribution in [0.25, 0.3) is 0 Å². The maximum Gasteiger partial charge on any atom is 0.139 e. The molecule has 2 spiro atoms. The van der Waals surface area contributed by atoms with Gasteiger partial charge in [-0.3, -0.25) is 4.79 Å². The molecule has 5 fully saturated rings. The average molecular weight is 297 g/mol. The predicted octanol–water partition coefficient (Wildman–Crippen LogP) is 3.95. The third kappa shape index (κ3) is 0.786. The van der Waals surface area contributed by atoms with Crippen molar-refractivity contribution in [3.05, 3.63) is 0 Å². The molecule has 94 valence electrons. The number of hydrogen-bond acceptors (Lipinski definition) is 1. The first-order valence-corrected chi connectivity index (χ1v) is 7.89. The van der Waals surface area contributed by atoms with Gasteiger partial charge in [-0.05, 0) is 47.8 Å². The fourth-order valence-electron chi connectivity index (χ4n) is 6.54. The lowest BCUT2D eigenvalue weighted by Gasteiger charge is -2.69. The molecule has 2 heteroatoms. The smallest absolute Gasteiger partial charge is 0.139 e. The molecule has 0 aromatic rings. The van der Waals surface area contributed by atoms with E-state index >= 15 is 0 Å². The molecular formula is C15H21BrO. The molecule has 0 N–H and O–H groups in total. The topological polar surface area (TPSA) is 17.1 Å². The minimum atomic E-state index is 0.0499. The maximum absolute atomic E-state index is 12.3. The summed E-state index contributed by atoms with van der Waals surface area (Å²) in [5.74, 6) is 1.31. The van der Waals surface area contributed by atoms with Crippen LogP contribution in [0.5, 0.6) is 0 Å². The van der Waals surface area contributed by atoms with Crippen LogP contribution < -0.4 is 0 Å². The van der Waals surface area contributed by atoms with E-state index in [0.29, 0.717) is 26.9 Å². The zero-order chi connectivity index (χ0) is 12.3. The van der Waals surface area contributed by atoms with Gasteiger partial charge in [0.1, 0.15) is 5.78 Å². The minimum absolute atomic E-state index is 0.0499. The van der Waals surface area contributed by atoms with E-state index in [9.17, 15) is 4.79 Å². The van der Waals surface area contributed by atoms with E-state index in [2.05, 4.69) is 36.7 Å². The van der Waals surface area contributed by atoms with E-state index in [4.69, 9.17) is 0 Å². The molecule has 0 unspecified atom stereocenters. The normalized spacial score (nSPS) is 62.2. The van der Waals surface area contributed by atoms with Crippen LogP contribution >= 0.6 is 15.9 Å². The standard InChI is InChI=1S/C15H21BrO/c1-12(2)10(16)4-5-14-7-11(17)13(3)8-15(12,14)6-9(13)14/h9-10H,4-8H2,1-3H3/t9-,10-,13+,14-,15-/m1/s1. The Morgan fingerprint density at radius 1 is 1.29 bits per heavy atom. The van der Waals surface area contributed by atoms with Crippen LogP contribution in [-0.2, 0) is 4.79 Å². The van der Waals surface area contributed by atoms with Gasteiger partial charge < -0.3 is 0 Å². The second-order valence-corrected chi connectivity index (χ2v) is 9.02. The van der Waals surface area contributed by atoms with Gasteiger partial charge in [-0.1, -0.05) is 36.7 Å². The molecule has 5 aliphatic rings. The molecule has 17 heavy (non-hydrogen) atoms. The van der Waals surface area contributed by atoms with Gasteiger partial charge >= 0.3 is 0 Å². The number of carbonyl (C=O) groups excluding carboxylic acids is 1. The number of carbonyl (C=O) groups is 1. The quantitative estimate of drug-likeness (QED) is 0.619. The highest BCUT2D eigenvalue weighted by molar-refractivity contribution is 9.09. The minimum Gasteiger partial charge on any atom is -0.299 e. The monoisotopic (exact) mass is 296 g/mol. The SMILES string of the molecule is CC1(C)[C@H](Br)CC[C@]23CC(=O)[C@@]4(C)C[C@]12C[C@@H]34. The van der Waals surface area contributed by atoms with Gasteiger partial charge in [0.15, 0.2) is 0 Å². The van der Waals surface area contributed by atoms with Gasteiger partial charge in [0, 0.05) is 16.7 Å². The highest BCUT2D eigenvalue weighted by Crippen LogP contribution is 2.90. The molecule has 5 atom stereocenters. The Kier molecular flexibility index (Phi) is 1.65. The van der Waals surface area contributed by atoms with E-state index in [1.807, 2.05) is 0 Å². The fourth-order valence-corrected chi connectivity index (χ4v) is 7.20. The van der Waals surface area contributed by atoms with E-state index < -0.39 is 0 Å². The van der Waals surface area contributed by atoms with Crippen molar-refractivity contribution in [3.63, 3.8) is 0 Å². The Bertz CT molecular complexity index is 442. The van der Waals surface area contributed by atoms with E-state index in [1.165, 1.54) is 25.7 Å². The van der Waals surface area contributed by atoms with Crippen LogP contribution in [-0.4, -0.2) is 10.6 Å². The highest BCUT2D eigenvalue weighted by atomic mass is 79.9. The third-order valence-electron chi connectivity index (χ3n) is 7.58. The zero-order valence-electron chi connectivity index (χ0n) is 11.0. The highest BCUT2D eigenvalue weighted by Gasteiger charge is 2.86. The first kappa shape index (κ1) is 11.0. The van der Waals surface area contributed by atoms with Crippen LogP contribution in [0.15, 0.2) is 0 Å². The maximum atomic E-state index is 12.3. The molecule has 0 radical (unpaired) electrons. The summed E-state index contributed by atoms with van der Waals surface area (Å²) in [5, 5.41) is 0. The molecule has 0 heterocycles. The molecule has 4 bridgehead atoms. The molecule has 5 saturated carbocycles. The van der Waals surface area contributed by atoms with Crippen molar-refractivity contribution < 1.29 is 4.79 Å². The van der Waals surface area contributed by atoms with Gasteiger partial charge in [-0.15, -0.1) is 0 Å². The second-order valence-electron chi connectivity index (χ2n) is 7.92. The van der Waals surface area contributed by atoms with Crippen molar-refractivity contribution in [2.75, 3.05) is 0 Å². The third-order valence-corrected chi connectivity index (χ3v) is 9.19. The molecule has 0 amide bonds. The van der Waals surface area contributed by atoms with Crippen molar-refractivity contribution >= 4 is 21.7 Å². The molecule has 0 aromatic heterocycles. The lowest BCUT2D eigenvalue weighted by Crippen LogP contribution is -2.64. The average Bonchev–Trinajstić information content (AvgIpc) is 2.73. The molecule has 5 rings (SSSR count). The van der Waals surface area contributed by atoms with Crippen molar-refractivity contribution in [3.8, 4) is 0 Å². The summed E-state index contributed by atoms with van der Waals surface area (Å²) in [6.07, 6.45) is 5.95. The Morgan fingerprint density at radius 3 is 2.65 bits per heavy atom. The van der Waals surface area contributed by atoms with Crippen LogP contribution in [0.2, 0.25) is 0 Å². The Labute approximate surface area is 112 Å². The molecule has 0 aliphatic heterocycles. The van der Waals surface area contributed by atoms with Gasteiger partial charge in [0.05, 0.1) is 0 Å². The Balaban J connectivity index is 1.91. The van der Waals surface area contributed by atoms with Gasteiger partial charge in [0.2, 0.25) is 0 Å². The predicted molar refractivity (Wildman–Crippen MR) is 71.1 cm³/mol. The number of ketones is 1. The summed E-state index contributed by atoms with van der Waals surface area (Å²) in [6.45, 7) is 7.15. The van der Waals surface area contributed by atoms with E-state index in [1.54, 1.807) is 0 Å². The van der Waals surface area contributed by atoms with Crippen LogP contribution in [0.1, 0.15) is 52.9 Å². The molecule has 0 saturated heterocycles. The first-order valence-electron chi connectivity index (χ1n) is 6.98. The molecule has 5 aliphatic carbocycles. The van der Waals surface area contributed by atoms with Crippen molar-refractivity contribution in [2.45, 2.75) is 57.7 Å². The fraction of sp³-hybridized carbons (Fsp3) is 0.933. The summed E-state index contributed by atoms with van der Waals surface area (Å²) in [4.78, 5) is 13.0. The van der Waals surface area contributed by atoms with E-state index in [0.717, 1.165) is 12.3 Å². The van der Waals surface area contributed by atoms with E-state index in [-0.39, 0.29) is 5.41 Å². The van der Waals surface area contributed by atoms with Crippen LogP contribution in [0.4, 0.5) is 0 Å². The molecule has 1 nitrogen and oxygen atoms in total. The zero-order valence-corrected chi connectivity index (χ0v) is 12.6. The lowest BCUT2D eigenvalue weighted by molar-refractivity contribution is -0.187. The largest absolute Gasteiger partial charge is 0.299 e. The summed E-state index contributed by atoms with van der Waals surface area (Å²) in [6, 6.07) is 0. The lowest BCUT2D eigenvalue weighted by atomic mass is 9.36. The molecular weight excluding hydrogens is 276 g/mol. The Hall–Kier alpha value is 0.150. The summed E-state index contributed by atoms with van der Waals surface area (Å²) in [7, 11) is 0. The summed E-state index contributed by atoms with van der Waals surface area (Å²) >= 11 is 3.92. The number of halogens is 1. The first-order chi connectivity index (χ1) is 7.80. The van der Waals surface area contributed by atoms with Crippen LogP contribution in [0, 0.1) is 27.6 Å². The van der Waals surface area contributed by atoms with Gasteiger partial charge in [-0.2, -0.15) is 0 Å².